The number of esters is 1. The number of thiol groups is 1. The molecule has 0 aromatic carbocycles. The van der Waals surface area contributed by atoms with Crippen molar-refractivity contribution in [2.75, 3.05) is 7.11 Å². The first-order chi connectivity index (χ1) is 3.72. The van der Waals surface area contributed by atoms with E-state index in [2.05, 4.69) is 17.4 Å². The van der Waals surface area contributed by atoms with Crippen LogP contribution in [-0.4, -0.2) is 18.2 Å². The summed E-state index contributed by atoms with van der Waals surface area (Å²) in [4.78, 5) is 10.1. The van der Waals surface area contributed by atoms with E-state index in [0.29, 0.717) is 6.26 Å². The van der Waals surface area contributed by atoms with E-state index >= 15 is 0 Å². The summed E-state index contributed by atoms with van der Waals surface area (Å²) in [5, 5.41) is 8.10. The van der Waals surface area contributed by atoms with Gasteiger partial charge in [0.2, 0.25) is 0 Å². The summed E-state index contributed by atoms with van der Waals surface area (Å²) in [6.45, 7) is 0. The zero-order valence-corrected chi connectivity index (χ0v) is 5.18. The number of carbonyl (C=O) groups is 1. The molecule has 0 aromatic rings. The largest absolute Gasteiger partial charge is 0.514 e. The van der Waals surface area contributed by atoms with E-state index in [9.17, 15) is 4.79 Å². The molecule has 0 unspecified atom stereocenters. The van der Waals surface area contributed by atoms with Gasteiger partial charge in [0.1, 0.15) is 4.91 Å². The van der Waals surface area contributed by atoms with Gasteiger partial charge >= 0.3 is 5.97 Å². The molecule has 0 aliphatic heterocycles. The molecule has 0 spiro atoms. The van der Waals surface area contributed by atoms with Crippen molar-refractivity contribution in [3.05, 3.63) is 11.2 Å². The Kier molecular flexibility index (Phi) is 3.10. The van der Waals surface area contributed by atoms with Gasteiger partial charge in [-0.3, -0.25) is 0 Å². The van der Waals surface area contributed by atoms with Gasteiger partial charge in [0.05, 0.1) is 13.4 Å². The number of hydrogen-bond acceptors (Lipinski definition) is 4. The molecule has 0 aliphatic rings. The molecule has 1 N–H and O–H groups in total. The van der Waals surface area contributed by atoms with E-state index in [0.717, 1.165) is 0 Å². The summed E-state index contributed by atoms with van der Waals surface area (Å²) in [5.74, 6) is -0.643. The maximum atomic E-state index is 10.2. The SMILES string of the molecule is COC(=O)C(S)=CO. The Morgan fingerprint density at radius 3 is 2.50 bits per heavy atom. The third kappa shape index (κ3) is 1.88. The fraction of sp³-hybridized carbons (Fsp3) is 0.250. The first kappa shape index (κ1) is 7.36. The van der Waals surface area contributed by atoms with Crippen molar-refractivity contribution in [3.8, 4) is 0 Å². The first-order valence-corrected chi connectivity index (χ1v) is 2.28. The number of aliphatic hydroxyl groups is 1. The topological polar surface area (TPSA) is 46.5 Å². The van der Waals surface area contributed by atoms with Gasteiger partial charge in [-0.25, -0.2) is 4.79 Å². The smallest absolute Gasteiger partial charge is 0.347 e. The minimum absolute atomic E-state index is 0.104. The molecule has 0 amide bonds. The number of aliphatic hydroxyl groups excluding tert-OH is 1. The lowest BCUT2D eigenvalue weighted by Gasteiger charge is -1.92. The lowest BCUT2D eigenvalue weighted by atomic mass is 10.6. The minimum atomic E-state index is -0.643. The quantitative estimate of drug-likeness (QED) is 0.237. The fourth-order valence-corrected chi connectivity index (χ4v) is 0.249. The predicted molar refractivity (Wildman–Crippen MR) is 31.7 cm³/mol. The maximum Gasteiger partial charge on any atom is 0.347 e. The van der Waals surface area contributed by atoms with Crippen LogP contribution in [0, 0.1) is 0 Å². The molecule has 0 aromatic heterocycles. The van der Waals surface area contributed by atoms with Crippen LogP contribution < -0.4 is 0 Å². The summed E-state index contributed by atoms with van der Waals surface area (Å²) in [7, 11) is 1.21. The Hall–Kier alpha value is -0.640. The van der Waals surface area contributed by atoms with Crippen LogP contribution in [0.3, 0.4) is 0 Å². The molecule has 4 heteroatoms. The van der Waals surface area contributed by atoms with Crippen LogP contribution in [-0.2, 0) is 9.53 Å². The Balaban J connectivity index is 3.83. The normalized spacial score (nSPS) is 11.0. The molecule has 0 atom stereocenters. The molecule has 0 saturated carbocycles. The van der Waals surface area contributed by atoms with E-state index in [-0.39, 0.29) is 4.91 Å². The molecule has 0 saturated heterocycles. The first-order valence-electron chi connectivity index (χ1n) is 1.84. The highest BCUT2D eigenvalue weighted by Crippen LogP contribution is 1.98. The second kappa shape index (κ2) is 3.37. The van der Waals surface area contributed by atoms with Gasteiger partial charge in [0.15, 0.2) is 0 Å². The average molecular weight is 134 g/mol. The monoisotopic (exact) mass is 134 g/mol. The van der Waals surface area contributed by atoms with Gasteiger partial charge < -0.3 is 9.84 Å². The van der Waals surface area contributed by atoms with Crippen LogP contribution in [0.4, 0.5) is 0 Å². The van der Waals surface area contributed by atoms with Gasteiger partial charge in [0, 0.05) is 0 Å². The fourth-order valence-electron chi connectivity index (χ4n) is 0.157. The molecule has 0 rings (SSSR count). The summed E-state index contributed by atoms with van der Waals surface area (Å²) in [6.07, 6.45) is 0.578. The van der Waals surface area contributed by atoms with Crippen LogP contribution in [0.15, 0.2) is 11.2 Å². The second-order valence-electron chi connectivity index (χ2n) is 1.01. The lowest BCUT2D eigenvalue weighted by Crippen LogP contribution is -1.98. The molecule has 0 aliphatic carbocycles. The number of hydrogen-bond donors (Lipinski definition) is 2. The number of methoxy groups -OCH3 is 1. The second-order valence-corrected chi connectivity index (χ2v) is 1.49. The van der Waals surface area contributed by atoms with Crippen molar-refractivity contribution in [2.24, 2.45) is 0 Å². The van der Waals surface area contributed by atoms with Crippen molar-refractivity contribution in [2.45, 2.75) is 0 Å². The zero-order chi connectivity index (χ0) is 6.57. The van der Waals surface area contributed by atoms with Gasteiger partial charge in [-0.2, -0.15) is 0 Å². The van der Waals surface area contributed by atoms with E-state index in [4.69, 9.17) is 5.11 Å². The molecule has 46 valence electrons. The summed E-state index contributed by atoms with van der Waals surface area (Å²) in [6, 6.07) is 0. The van der Waals surface area contributed by atoms with Crippen LogP contribution in [0.2, 0.25) is 0 Å². The van der Waals surface area contributed by atoms with Crippen LogP contribution in [0.5, 0.6) is 0 Å². The predicted octanol–water partition coefficient (Wildman–Crippen LogP) is 0.489. The van der Waals surface area contributed by atoms with Crippen molar-refractivity contribution < 1.29 is 14.6 Å². The minimum Gasteiger partial charge on any atom is -0.514 e. The van der Waals surface area contributed by atoms with Crippen LogP contribution in [0.25, 0.3) is 0 Å². The van der Waals surface area contributed by atoms with E-state index < -0.39 is 5.97 Å². The van der Waals surface area contributed by atoms with Crippen LogP contribution in [0.1, 0.15) is 0 Å². The Labute approximate surface area is 52.4 Å². The van der Waals surface area contributed by atoms with Crippen molar-refractivity contribution in [1.29, 1.82) is 0 Å². The van der Waals surface area contributed by atoms with Crippen molar-refractivity contribution >= 4 is 18.6 Å². The standard InChI is InChI=1S/C4H6O3S/c1-7-4(6)3(8)2-5/h2,5,8H,1H3. The average Bonchev–Trinajstić information content (AvgIpc) is 1.84. The molecule has 0 bridgehead atoms. The van der Waals surface area contributed by atoms with Crippen molar-refractivity contribution in [3.63, 3.8) is 0 Å². The maximum absolute atomic E-state index is 10.2. The molecular formula is C4H6O3S. The van der Waals surface area contributed by atoms with Crippen LogP contribution >= 0.6 is 12.6 Å². The Morgan fingerprint density at radius 1 is 1.88 bits per heavy atom. The van der Waals surface area contributed by atoms with E-state index in [1.54, 1.807) is 0 Å². The summed E-state index contributed by atoms with van der Waals surface area (Å²) in [5.41, 5.74) is 0. The number of rotatable bonds is 1. The third-order valence-electron chi connectivity index (χ3n) is 0.517. The van der Waals surface area contributed by atoms with E-state index in [1.165, 1.54) is 7.11 Å². The van der Waals surface area contributed by atoms with Gasteiger partial charge in [-0.1, -0.05) is 0 Å². The lowest BCUT2D eigenvalue weighted by molar-refractivity contribution is -0.135. The highest BCUT2D eigenvalue weighted by molar-refractivity contribution is 7.85. The highest BCUT2D eigenvalue weighted by atomic mass is 32.1. The zero-order valence-electron chi connectivity index (χ0n) is 4.29. The Morgan fingerprint density at radius 2 is 2.38 bits per heavy atom. The molecule has 8 heavy (non-hydrogen) atoms. The van der Waals surface area contributed by atoms with Gasteiger partial charge in [0.25, 0.3) is 0 Å². The molecular weight excluding hydrogens is 128 g/mol. The summed E-state index contributed by atoms with van der Waals surface area (Å²) >= 11 is 3.54. The molecule has 0 fully saturated rings. The molecule has 3 nitrogen and oxygen atoms in total. The number of carbonyl (C=O) groups excluding carboxylic acids is 1. The van der Waals surface area contributed by atoms with Gasteiger partial charge in [-0.15, -0.1) is 12.6 Å². The molecule has 0 heterocycles. The highest BCUT2D eigenvalue weighted by Gasteiger charge is 2.01. The molecule has 0 radical (unpaired) electrons. The van der Waals surface area contributed by atoms with E-state index in [1.807, 2.05) is 0 Å². The summed E-state index contributed by atoms with van der Waals surface area (Å²) < 4.78 is 4.16. The van der Waals surface area contributed by atoms with Gasteiger partial charge in [-0.05, 0) is 0 Å². The third-order valence-corrected chi connectivity index (χ3v) is 0.815. The Bertz CT molecular complexity index is 118. The van der Waals surface area contributed by atoms with Crippen molar-refractivity contribution in [1.82, 2.24) is 0 Å². The number of ether oxygens (including phenoxy) is 1.